The summed E-state index contributed by atoms with van der Waals surface area (Å²) in [5, 5.41) is 3.47. The van der Waals surface area contributed by atoms with Crippen molar-refractivity contribution in [1.29, 1.82) is 0 Å². The summed E-state index contributed by atoms with van der Waals surface area (Å²) < 4.78 is 6.06. The summed E-state index contributed by atoms with van der Waals surface area (Å²) in [6.07, 6.45) is 3.04. The topological polar surface area (TPSA) is 41.6 Å². The van der Waals surface area contributed by atoms with E-state index in [1.807, 2.05) is 18.7 Å². The molecule has 1 aromatic rings. The summed E-state index contributed by atoms with van der Waals surface area (Å²) >= 11 is 0. The van der Waals surface area contributed by atoms with E-state index in [0.29, 0.717) is 11.3 Å². The van der Waals surface area contributed by atoms with Crippen LogP contribution < -0.4 is 10.1 Å². The number of piperidine rings is 1. The van der Waals surface area contributed by atoms with E-state index in [9.17, 15) is 4.79 Å². The molecule has 0 saturated carbocycles. The Morgan fingerprint density at radius 2 is 1.92 bits per heavy atom. The SMILES string of the molecule is Cc1ccc(C(C)C)cc1OC(C)C(=O)N1CCC2(CCNC2)CC1. The van der Waals surface area contributed by atoms with Gasteiger partial charge in [0.2, 0.25) is 0 Å². The molecule has 1 aromatic carbocycles. The van der Waals surface area contributed by atoms with Crippen molar-refractivity contribution < 1.29 is 9.53 Å². The number of aryl methyl sites for hydroxylation is 1. The van der Waals surface area contributed by atoms with Crippen LogP contribution in [0.1, 0.15) is 57.1 Å². The fraction of sp³-hybridized carbons (Fsp3) is 0.667. The first-order valence-electron chi connectivity index (χ1n) is 9.67. The molecular weight excluding hydrogens is 312 g/mol. The lowest BCUT2D eigenvalue weighted by atomic mass is 9.78. The second-order valence-electron chi connectivity index (χ2n) is 8.19. The molecule has 4 heteroatoms. The molecule has 0 aliphatic carbocycles. The van der Waals surface area contributed by atoms with Gasteiger partial charge >= 0.3 is 0 Å². The lowest BCUT2D eigenvalue weighted by Gasteiger charge is -2.39. The third-order valence-electron chi connectivity index (χ3n) is 6.00. The summed E-state index contributed by atoms with van der Waals surface area (Å²) in [7, 11) is 0. The summed E-state index contributed by atoms with van der Waals surface area (Å²) in [6.45, 7) is 12.2. The van der Waals surface area contributed by atoms with E-state index in [0.717, 1.165) is 50.3 Å². The molecule has 4 nitrogen and oxygen atoms in total. The molecule has 2 fully saturated rings. The van der Waals surface area contributed by atoms with Gasteiger partial charge in [-0.1, -0.05) is 26.0 Å². The molecule has 138 valence electrons. The highest BCUT2D eigenvalue weighted by atomic mass is 16.5. The number of hydrogen-bond donors (Lipinski definition) is 1. The minimum Gasteiger partial charge on any atom is -0.481 e. The maximum absolute atomic E-state index is 12.8. The van der Waals surface area contributed by atoms with Crippen LogP contribution in [0.4, 0.5) is 0 Å². The van der Waals surface area contributed by atoms with Crippen LogP contribution in [0.25, 0.3) is 0 Å². The second-order valence-corrected chi connectivity index (χ2v) is 8.19. The number of likely N-dealkylation sites (tertiary alicyclic amines) is 1. The van der Waals surface area contributed by atoms with Crippen molar-refractivity contribution in [1.82, 2.24) is 10.2 Å². The average molecular weight is 344 g/mol. The van der Waals surface area contributed by atoms with Gasteiger partial charge in [-0.05, 0) is 68.2 Å². The first-order valence-corrected chi connectivity index (χ1v) is 9.67. The smallest absolute Gasteiger partial charge is 0.263 e. The summed E-state index contributed by atoms with van der Waals surface area (Å²) in [6, 6.07) is 6.30. The molecule has 1 N–H and O–H groups in total. The number of hydrogen-bond acceptors (Lipinski definition) is 3. The molecule has 2 heterocycles. The van der Waals surface area contributed by atoms with Crippen LogP contribution >= 0.6 is 0 Å². The molecule has 3 rings (SSSR count). The molecular formula is C21H32N2O2. The Morgan fingerprint density at radius 3 is 2.52 bits per heavy atom. The van der Waals surface area contributed by atoms with Gasteiger partial charge in [0.05, 0.1) is 0 Å². The Morgan fingerprint density at radius 1 is 1.20 bits per heavy atom. The van der Waals surface area contributed by atoms with E-state index in [2.05, 4.69) is 37.4 Å². The molecule has 1 spiro atoms. The molecule has 2 aliphatic heterocycles. The predicted octanol–water partition coefficient (Wildman–Crippen LogP) is 3.49. The number of ether oxygens (including phenoxy) is 1. The molecule has 1 atom stereocenters. The van der Waals surface area contributed by atoms with Crippen molar-refractivity contribution in [2.75, 3.05) is 26.2 Å². The zero-order valence-electron chi connectivity index (χ0n) is 16.1. The van der Waals surface area contributed by atoms with Gasteiger partial charge in [-0.2, -0.15) is 0 Å². The largest absolute Gasteiger partial charge is 0.481 e. The van der Waals surface area contributed by atoms with Crippen LogP contribution in [-0.4, -0.2) is 43.1 Å². The van der Waals surface area contributed by atoms with Gasteiger partial charge in [0, 0.05) is 19.6 Å². The summed E-state index contributed by atoms with van der Waals surface area (Å²) in [4.78, 5) is 14.8. The maximum atomic E-state index is 12.8. The van der Waals surface area contributed by atoms with E-state index >= 15 is 0 Å². The Kier molecular flexibility index (Phi) is 5.38. The molecule has 2 saturated heterocycles. The zero-order valence-corrected chi connectivity index (χ0v) is 16.1. The number of benzene rings is 1. The third-order valence-corrected chi connectivity index (χ3v) is 6.00. The minimum absolute atomic E-state index is 0.121. The van der Waals surface area contributed by atoms with Crippen LogP contribution in [0.5, 0.6) is 5.75 Å². The van der Waals surface area contributed by atoms with Gasteiger partial charge in [0.15, 0.2) is 6.10 Å². The van der Waals surface area contributed by atoms with Crippen molar-refractivity contribution >= 4 is 5.91 Å². The van der Waals surface area contributed by atoms with E-state index in [-0.39, 0.29) is 5.91 Å². The number of nitrogens with zero attached hydrogens (tertiary/aromatic N) is 1. The highest BCUT2D eigenvalue weighted by molar-refractivity contribution is 5.81. The monoisotopic (exact) mass is 344 g/mol. The van der Waals surface area contributed by atoms with Gasteiger partial charge in [-0.25, -0.2) is 0 Å². The Hall–Kier alpha value is -1.55. The lowest BCUT2D eigenvalue weighted by molar-refractivity contribution is -0.140. The molecule has 1 amide bonds. The molecule has 1 unspecified atom stereocenters. The second kappa shape index (κ2) is 7.36. The molecule has 25 heavy (non-hydrogen) atoms. The van der Waals surface area contributed by atoms with Crippen LogP contribution in [0.3, 0.4) is 0 Å². The van der Waals surface area contributed by atoms with E-state index in [1.165, 1.54) is 12.0 Å². The van der Waals surface area contributed by atoms with Crippen molar-refractivity contribution in [3.63, 3.8) is 0 Å². The number of amides is 1. The fourth-order valence-electron chi connectivity index (χ4n) is 4.02. The zero-order chi connectivity index (χ0) is 18.0. The number of rotatable bonds is 4. The number of carbonyl (C=O) groups excluding carboxylic acids is 1. The first kappa shape index (κ1) is 18.2. The highest BCUT2D eigenvalue weighted by Crippen LogP contribution is 2.37. The maximum Gasteiger partial charge on any atom is 0.263 e. The molecule has 2 aliphatic rings. The van der Waals surface area contributed by atoms with Crippen molar-refractivity contribution in [3.8, 4) is 5.75 Å². The third kappa shape index (κ3) is 4.00. The summed E-state index contributed by atoms with van der Waals surface area (Å²) in [5.74, 6) is 1.41. The Bertz CT molecular complexity index is 610. The van der Waals surface area contributed by atoms with Crippen LogP contribution in [0.15, 0.2) is 18.2 Å². The predicted molar refractivity (Wildman–Crippen MR) is 101 cm³/mol. The van der Waals surface area contributed by atoms with Gasteiger partial charge in [0.25, 0.3) is 5.91 Å². The van der Waals surface area contributed by atoms with Crippen molar-refractivity contribution in [3.05, 3.63) is 29.3 Å². The lowest BCUT2D eigenvalue weighted by Crippen LogP contribution is -2.48. The van der Waals surface area contributed by atoms with Crippen molar-refractivity contribution in [2.24, 2.45) is 5.41 Å². The number of nitrogens with one attached hydrogen (secondary N) is 1. The minimum atomic E-state index is -0.433. The molecule has 0 aromatic heterocycles. The number of carbonyl (C=O) groups is 1. The van der Waals surface area contributed by atoms with Gasteiger partial charge < -0.3 is 15.0 Å². The fourth-order valence-corrected chi connectivity index (χ4v) is 4.02. The Balaban J connectivity index is 1.61. The standard InChI is InChI=1S/C21H32N2O2/c1-15(2)18-6-5-16(3)19(13-18)25-17(4)20(24)23-11-8-21(9-12-23)7-10-22-14-21/h5-6,13,15,17,22H,7-12,14H2,1-4H3. The van der Waals surface area contributed by atoms with Crippen LogP contribution in [0.2, 0.25) is 0 Å². The van der Waals surface area contributed by atoms with Crippen LogP contribution in [-0.2, 0) is 4.79 Å². The van der Waals surface area contributed by atoms with Crippen molar-refractivity contribution in [2.45, 2.75) is 59.0 Å². The normalized spacial score (nSPS) is 20.9. The van der Waals surface area contributed by atoms with E-state index < -0.39 is 6.10 Å². The molecule has 0 bridgehead atoms. The quantitative estimate of drug-likeness (QED) is 0.909. The Labute approximate surface area is 151 Å². The van der Waals surface area contributed by atoms with E-state index in [4.69, 9.17) is 4.74 Å². The molecule has 0 radical (unpaired) electrons. The van der Waals surface area contributed by atoms with Gasteiger partial charge in [-0.3, -0.25) is 4.79 Å². The highest BCUT2D eigenvalue weighted by Gasteiger charge is 2.38. The van der Waals surface area contributed by atoms with Crippen LogP contribution in [0, 0.1) is 12.3 Å². The van der Waals surface area contributed by atoms with Gasteiger partial charge in [-0.15, -0.1) is 0 Å². The van der Waals surface area contributed by atoms with Gasteiger partial charge in [0.1, 0.15) is 5.75 Å². The summed E-state index contributed by atoms with van der Waals surface area (Å²) in [5.41, 5.74) is 2.76. The average Bonchev–Trinajstić information content (AvgIpc) is 3.04. The van der Waals surface area contributed by atoms with E-state index in [1.54, 1.807) is 0 Å². The first-order chi connectivity index (χ1) is 11.9.